The predicted molar refractivity (Wildman–Crippen MR) is 62.1 cm³/mol. The van der Waals surface area contributed by atoms with Gasteiger partial charge in [-0.05, 0) is 41.3 Å². The van der Waals surface area contributed by atoms with Gasteiger partial charge < -0.3 is 4.74 Å². The summed E-state index contributed by atoms with van der Waals surface area (Å²) in [6.07, 6.45) is 0.356. The van der Waals surface area contributed by atoms with E-state index in [4.69, 9.17) is 4.74 Å². The minimum absolute atomic E-state index is 0.356. The van der Waals surface area contributed by atoms with Gasteiger partial charge in [0.15, 0.2) is 0 Å². The van der Waals surface area contributed by atoms with Crippen LogP contribution < -0.4 is 0 Å². The molecule has 0 radical (unpaired) electrons. The highest BCUT2D eigenvalue weighted by molar-refractivity contribution is 5.87. The molecular weight excluding hydrogens is 184 g/mol. The maximum Gasteiger partial charge on any atom is 0.106 e. The van der Waals surface area contributed by atoms with Crippen LogP contribution in [0.4, 0.5) is 0 Å². The number of ether oxygens (including phenoxy) is 1. The van der Waals surface area contributed by atoms with Gasteiger partial charge in [0.25, 0.3) is 0 Å². The van der Waals surface area contributed by atoms with Crippen LogP contribution >= 0.6 is 0 Å². The lowest BCUT2D eigenvalue weighted by atomic mass is 9.94. The van der Waals surface area contributed by atoms with E-state index in [1.165, 1.54) is 27.5 Å². The van der Waals surface area contributed by atoms with Crippen LogP contribution in [0.2, 0.25) is 0 Å². The van der Waals surface area contributed by atoms with Crippen molar-refractivity contribution in [3.63, 3.8) is 0 Å². The molecule has 1 aliphatic heterocycles. The van der Waals surface area contributed by atoms with E-state index in [2.05, 4.69) is 44.2 Å². The molecule has 1 fully saturated rings. The minimum atomic E-state index is 0.356. The standard InChI is InChI=1S/C14H14O/c1-9-7-11-5-3-4-6-12(11)10(2)14(9)13-8-15-13/h3-7,13H,8H2,1-2H3. The zero-order chi connectivity index (χ0) is 10.4. The van der Waals surface area contributed by atoms with Crippen LogP contribution in [0.15, 0.2) is 30.3 Å². The Bertz CT molecular complexity index is 524. The molecule has 1 unspecified atom stereocenters. The van der Waals surface area contributed by atoms with E-state index >= 15 is 0 Å². The molecular formula is C14H14O. The van der Waals surface area contributed by atoms with E-state index in [1.807, 2.05) is 0 Å². The first-order valence-electron chi connectivity index (χ1n) is 5.38. The van der Waals surface area contributed by atoms with Crippen molar-refractivity contribution in [2.24, 2.45) is 0 Å². The Labute approximate surface area is 89.7 Å². The minimum Gasteiger partial charge on any atom is -0.368 e. The Morgan fingerprint density at radius 1 is 1.20 bits per heavy atom. The summed E-state index contributed by atoms with van der Waals surface area (Å²) in [5.41, 5.74) is 4.13. The number of rotatable bonds is 1. The molecule has 3 rings (SSSR count). The van der Waals surface area contributed by atoms with Gasteiger partial charge in [0.2, 0.25) is 0 Å². The normalized spacial score (nSPS) is 19.5. The average molecular weight is 198 g/mol. The molecule has 1 saturated heterocycles. The topological polar surface area (TPSA) is 12.5 Å². The fourth-order valence-corrected chi connectivity index (χ4v) is 2.43. The largest absolute Gasteiger partial charge is 0.368 e. The summed E-state index contributed by atoms with van der Waals surface area (Å²) in [6.45, 7) is 5.27. The summed E-state index contributed by atoms with van der Waals surface area (Å²) in [6, 6.07) is 10.8. The molecule has 0 aromatic heterocycles. The monoisotopic (exact) mass is 198 g/mol. The predicted octanol–water partition coefficient (Wildman–Crippen LogP) is 3.53. The van der Waals surface area contributed by atoms with Gasteiger partial charge in [0.05, 0.1) is 6.61 Å². The molecule has 0 saturated carbocycles. The summed E-state index contributed by atoms with van der Waals surface area (Å²) in [5.74, 6) is 0. The Morgan fingerprint density at radius 3 is 2.67 bits per heavy atom. The van der Waals surface area contributed by atoms with Crippen LogP contribution in [0.1, 0.15) is 22.8 Å². The van der Waals surface area contributed by atoms with Crippen LogP contribution in [0.25, 0.3) is 10.8 Å². The molecule has 0 N–H and O–H groups in total. The summed E-state index contributed by atoms with van der Waals surface area (Å²) in [5, 5.41) is 2.69. The van der Waals surface area contributed by atoms with Gasteiger partial charge in [-0.25, -0.2) is 0 Å². The number of aryl methyl sites for hydroxylation is 2. The second-order valence-electron chi connectivity index (χ2n) is 4.28. The molecule has 0 spiro atoms. The fraction of sp³-hybridized carbons (Fsp3) is 0.286. The van der Waals surface area contributed by atoms with Gasteiger partial charge in [-0.15, -0.1) is 0 Å². The average Bonchev–Trinajstić information content (AvgIpc) is 3.02. The van der Waals surface area contributed by atoms with Gasteiger partial charge in [-0.2, -0.15) is 0 Å². The van der Waals surface area contributed by atoms with Crippen molar-refractivity contribution in [3.05, 3.63) is 47.0 Å². The van der Waals surface area contributed by atoms with Crippen molar-refractivity contribution < 1.29 is 4.74 Å². The number of fused-ring (bicyclic) bond motifs is 1. The van der Waals surface area contributed by atoms with Crippen molar-refractivity contribution >= 4 is 10.8 Å². The van der Waals surface area contributed by atoms with Crippen LogP contribution in [0.5, 0.6) is 0 Å². The van der Waals surface area contributed by atoms with E-state index in [1.54, 1.807) is 0 Å². The van der Waals surface area contributed by atoms with Gasteiger partial charge in [0.1, 0.15) is 6.10 Å². The Morgan fingerprint density at radius 2 is 1.93 bits per heavy atom. The van der Waals surface area contributed by atoms with E-state index in [0.29, 0.717) is 6.10 Å². The van der Waals surface area contributed by atoms with Crippen molar-refractivity contribution in [2.45, 2.75) is 20.0 Å². The SMILES string of the molecule is Cc1cc2ccccc2c(C)c1C1CO1. The molecule has 1 atom stereocenters. The zero-order valence-corrected chi connectivity index (χ0v) is 9.08. The lowest BCUT2D eigenvalue weighted by Gasteiger charge is -2.11. The van der Waals surface area contributed by atoms with E-state index in [9.17, 15) is 0 Å². The van der Waals surface area contributed by atoms with Crippen molar-refractivity contribution in [1.82, 2.24) is 0 Å². The quantitative estimate of drug-likeness (QED) is 0.639. The highest BCUT2D eigenvalue weighted by atomic mass is 16.6. The third-order valence-corrected chi connectivity index (χ3v) is 3.22. The van der Waals surface area contributed by atoms with Crippen LogP contribution in [-0.4, -0.2) is 6.61 Å². The highest BCUT2D eigenvalue weighted by Gasteiger charge is 2.28. The summed E-state index contributed by atoms with van der Waals surface area (Å²) in [7, 11) is 0. The first kappa shape index (κ1) is 8.93. The van der Waals surface area contributed by atoms with Gasteiger partial charge in [-0.3, -0.25) is 0 Å². The van der Waals surface area contributed by atoms with Crippen LogP contribution in [0.3, 0.4) is 0 Å². The first-order valence-corrected chi connectivity index (χ1v) is 5.38. The molecule has 0 aliphatic carbocycles. The van der Waals surface area contributed by atoms with Gasteiger partial charge in [-0.1, -0.05) is 30.3 Å². The second kappa shape index (κ2) is 3.07. The molecule has 2 aromatic carbocycles. The maximum atomic E-state index is 5.41. The van der Waals surface area contributed by atoms with Crippen molar-refractivity contribution in [2.75, 3.05) is 6.61 Å². The molecule has 15 heavy (non-hydrogen) atoms. The van der Waals surface area contributed by atoms with Crippen LogP contribution in [0, 0.1) is 13.8 Å². The van der Waals surface area contributed by atoms with Crippen LogP contribution in [-0.2, 0) is 4.74 Å². The lowest BCUT2D eigenvalue weighted by molar-refractivity contribution is 0.414. The molecule has 2 aromatic rings. The Balaban J connectivity index is 2.36. The smallest absolute Gasteiger partial charge is 0.106 e. The molecule has 76 valence electrons. The highest BCUT2D eigenvalue weighted by Crippen LogP contribution is 2.37. The van der Waals surface area contributed by atoms with E-state index in [0.717, 1.165) is 6.61 Å². The van der Waals surface area contributed by atoms with Gasteiger partial charge in [0, 0.05) is 0 Å². The molecule has 1 heterocycles. The zero-order valence-electron chi connectivity index (χ0n) is 9.08. The third kappa shape index (κ3) is 1.35. The number of benzene rings is 2. The first-order chi connectivity index (χ1) is 7.27. The summed E-state index contributed by atoms with van der Waals surface area (Å²) < 4.78 is 5.41. The number of hydrogen-bond donors (Lipinski definition) is 0. The molecule has 0 amide bonds. The number of hydrogen-bond acceptors (Lipinski definition) is 1. The fourth-order valence-electron chi connectivity index (χ4n) is 2.43. The summed E-state index contributed by atoms with van der Waals surface area (Å²) in [4.78, 5) is 0. The summed E-state index contributed by atoms with van der Waals surface area (Å²) >= 11 is 0. The van der Waals surface area contributed by atoms with Crippen molar-refractivity contribution in [1.29, 1.82) is 0 Å². The molecule has 0 bridgehead atoms. The molecule has 1 heteroatoms. The Hall–Kier alpha value is -1.34. The molecule has 1 nitrogen and oxygen atoms in total. The van der Waals surface area contributed by atoms with E-state index in [-0.39, 0.29) is 0 Å². The van der Waals surface area contributed by atoms with Gasteiger partial charge >= 0.3 is 0 Å². The van der Waals surface area contributed by atoms with Crippen molar-refractivity contribution in [3.8, 4) is 0 Å². The lowest BCUT2D eigenvalue weighted by Crippen LogP contribution is -1.93. The van der Waals surface area contributed by atoms with E-state index < -0.39 is 0 Å². The number of epoxide rings is 1. The second-order valence-corrected chi connectivity index (χ2v) is 4.28. The Kier molecular flexibility index (Phi) is 1.83. The third-order valence-electron chi connectivity index (χ3n) is 3.22. The maximum absolute atomic E-state index is 5.41. The molecule has 1 aliphatic rings.